The number of aryl methyl sites for hydroxylation is 1. The van der Waals surface area contributed by atoms with Crippen LogP contribution in [0.5, 0.6) is 0 Å². The minimum absolute atomic E-state index is 0.628. The molecule has 0 aliphatic carbocycles. The van der Waals surface area contributed by atoms with Crippen LogP contribution >= 0.6 is 0 Å². The smallest absolute Gasteiger partial charge is 0.112 e. The molecule has 7 heteroatoms. The van der Waals surface area contributed by atoms with E-state index in [2.05, 4.69) is 86.9 Å². The third kappa shape index (κ3) is 5.06. The molecule has 1 N–H and O–H groups in total. The Labute approximate surface area is 203 Å². The van der Waals surface area contributed by atoms with Gasteiger partial charge >= 0.3 is 0 Å². The number of aromatic nitrogens is 2. The molecule has 3 heterocycles. The second kappa shape index (κ2) is 10.3. The molecule has 2 fully saturated rings. The van der Waals surface area contributed by atoms with Crippen LogP contribution in [0.2, 0.25) is 0 Å². The Hall–Kier alpha value is -2.61. The van der Waals surface area contributed by atoms with E-state index in [1.807, 2.05) is 6.33 Å². The molecule has 0 saturated carbocycles. The van der Waals surface area contributed by atoms with Gasteiger partial charge < -0.3 is 19.5 Å². The van der Waals surface area contributed by atoms with Crippen LogP contribution in [0, 0.1) is 0 Å². The van der Waals surface area contributed by atoms with Crippen LogP contribution in [0.25, 0.3) is 22.2 Å². The Morgan fingerprint density at radius 3 is 2.38 bits per heavy atom. The Morgan fingerprint density at radius 1 is 0.941 bits per heavy atom. The number of ether oxygens (including phenoxy) is 1. The summed E-state index contributed by atoms with van der Waals surface area (Å²) in [6, 6.07) is 14.2. The summed E-state index contributed by atoms with van der Waals surface area (Å²) in [5.41, 5.74) is 7.08. The zero-order chi connectivity index (χ0) is 23.5. The number of anilines is 2. The third-order valence-corrected chi connectivity index (χ3v) is 7.29. The lowest BCUT2D eigenvalue weighted by atomic mass is 10.0. The van der Waals surface area contributed by atoms with E-state index in [1.54, 1.807) is 0 Å². The molecule has 0 atom stereocenters. The molecule has 182 valence electrons. The highest BCUT2D eigenvalue weighted by Gasteiger charge is 2.19. The van der Waals surface area contributed by atoms with Gasteiger partial charge in [0.15, 0.2) is 0 Å². The predicted octanol–water partition coefficient (Wildman–Crippen LogP) is 3.51. The summed E-state index contributed by atoms with van der Waals surface area (Å²) in [6.07, 6.45) is 1.90. The first-order valence-corrected chi connectivity index (χ1v) is 12.7. The Balaban J connectivity index is 1.31. The van der Waals surface area contributed by atoms with Gasteiger partial charge in [0.25, 0.3) is 0 Å². The lowest BCUT2D eigenvalue weighted by Gasteiger charge is -2.38. The molecule has 0 spiro atoms. The van der Waals surface area contributed by atoms with Crippen molar-refractivity contribution in [2.24, 2.45) is 7.05 Å². The van der Waals surface area contributed by atoms with Crippen molar-refractivity contribution in [3.63, 3.8) is 0 Å². The second-order valence-corrected chi connectivity index (χ2v) is 9.79. The number of piperazine rings is 1. The maximum Gasteiger partial charge on any atom is 0.112 e. The van der Waals surface area contributed by atoms with Crippen LogP contribution in [0.1, 0.15) is 13.8 Å². The fourth-order valence-electron chi connectivity index (χ4n) is 5.07. The number of hydrogen-bond acceptors (Lipinski definition) is 6. The molecular weight excluding hydrogens is 424 g/mol. The number of hydrogen-bond donors (Lipinski definition) is 1. The van der Waals surface area contributed by atoms with Crippen molar-refractivity contribution in [3.8, 4) is 11.1 Å². The molecule has 5 rings (SSSR count). The fourth-order valence-corrected chi connectivity index (χ4v) is 5.07. The molecule has 0 bridgehead atoms. The van der Waals surface area contributed by atoms with Crippen molar-refractivity contribution < 1.29 is 4.74 Å². The lowest BCUT2D eigenvalue weighted by Crippen LogP contribution is -2.48. The highest BCUT2D eigenvalue weighted by Crippen LogP contribution is 2.31. The number of nitrogens with zero attached hydrogens (tertiary/aromatic N) is 5. The van der Waals surface area contributed by atoms with Crippen molar-refractivity contribution in [3.05, 3.63) is 42.7 Å². The van der Waals surface area contributed by atoms with E-state index < -0.39 is 0 Å². The summed E-state index contributed by atoms with van der Waals surface area (Å²) in [7, 11) is 2.07. The standard InChI is InChI=1S/C27H38N6O/c1-21(2)32-10-12-33(13-11-32)24-6-4-22(5-7-24)23-18-25(27-26(19-23)30(3)20-29-27)28-8-9-31-14-16-34-17-15-31/h4-7,18-21,28H,8-17H2,1-3H3. The zero-order valence-electron chi connectivity index (χ0n) is 20.8. The molecule has 2 aliphatic heterocycles. The topological polar surface area (TPSA) is 48.8 Å². The predicted molar refractivity (Wildman–Crippen MR) is 141 cm³/mol. The minimum Gasteiger partial charge on any atom is -0.382 e. The Kier molecular flexibility index (Phi) is 7.04. The highest BCUT2D eigenvalue weighted by molar-refractivity contribution is 5.93. The average Bonchev–Trinajstić information content (AvgIpc) is 3.25. The number of fused-ring (bicyclic) bond motifs is 1. The Morgan fingerprint density at radius 2 is 1.68 bits per heavy atom. The van der Waals surface area contributed by atoms with Crippen LogP contribution in [-0.4, -0.2) is 91.0 Å². The van der Waals surface area contributed by atoms with Gasteiger partial charge in [-0.3, -0.25) is 9.80 Å². The lowest BCUT2D eigenvalue weighted by molar-refractivity contribution is 0.0398. The van der Waals surface area contributed by atoms with Gasteiger partial charge in [0.1, 0.15) is 5.52 Å². The normalized spacial score (nSPS) is 18.2. The average molecular weight is 463 g/mol. The summed E-state index contributed by atoms with van der Waals surface area (Å²) in [6.45, 7) is 14.6. The first kappa shape index (κ1) is 23.1. The number of benzene rings is 2. The van der Waals surface area contributed by atoms with Gasteiger partial charge in [-0.1, -0.05) is 12.1 Å². The number of morpholine rings is 1. The molecule has 34 heavy (non-hydrogen) atoms. The Bertz CT molecular complexity index is 1080. The van der Waals surface area contributed by atoms with Gasteiger partial charge in [-0.15, -0.1) is 0 Å². The molecule has 1 aromatic heterocycles. The van der Waals surface area contributed by atoms with Gasteiger partial charge in [-0.2, -0.15) is 0 Å². The van der Waals surface area contributed by atoms with Gasteiger partial charge in [0, 0.05) is 71.1 Å². The maximum atomic E-state index is 5.47. The molecule has 0 radical (unpaired) electrons. The van der Waals surface area contributed by atoms with E-state index in [9.17, 15) is 0 Å². The summed E-state index contributed by atoms with van der Waals surface area (Å²) in [4.78, 5) is 12.2. The van der Waals surface area contributed by atoms with Crippen LogP contribution < -0.4 is 10.2 Å². The molecule has 2 aliphatic rings. The van der Waals surface area contributed by atoms with Crippen LogP contribution in [-0.2, 0) is 11.8 Å². The van der Waals surface area contributed by atoms with Crippen LogP contribution in [0.15, 0.2) is 42.7 Å². The molecule has 2 saturated heterocycles. The van der Waals surface area contributed by atoms with Crippen molar-refractivity contribution in [1.29, 1.82) is 0 Å². The largest absolute Gasteiger partial charge is 0.382 e. The van der Waals surface area contributed by atoms with Crippen molar-refractivity contribution in [2.45, 2.75) is 19.9 Å². The number of rotatable bonds is 7. The monoisotopic (exact) mass is 462 g/mol. The number of nitrogens with one attached hydrogen (secondary N) is 1. The van der Waals surface area contributed by atoms with E-state index >= 15 is 0 Å². The van der Waals surface area contributed by atoms with E-state index in [4.69, 9.17) is 4.74 Å². The van der Waals surface area contributed by atoms with E-state index in [1.165, 1.54) is 16.8 Å². The summed E-state index contributed by atoms with van der Waals surface area (Å²) in [5.74, 6) is 0. The highest BCUT2D eigenvalue weighted by atomic mass is 16.5. The molecule has 0 amide bonds. The molecule has 7 nitrogen and oxygen atoms in total. The van der Waals surface area contributed by atoms with Crippen molar-refractivity contribution in [1.82, 2.24) is 19.4 Å². The number of imidazole rings is 1. The van der Waals surface area contributed by atoms with Gasteiger partial charge in [-0.05, 0) is 49.2 Å². The molecule has 0 unspecified atom stereocenters. The summed E-state index contributed by atoms with van der Waals surface area (Å²) >= 11 is 0. The molecular formula is C27H38N6O. The second-order valence-electron chi connectivity index (χ2n) is 9.79. The SMILES string of the molecule is CC(C)N1CCN(c2ccc(-c3cc(NCCN4CCOCC4)c4ncn(C)c4c3)cc2)CC1. The fraction of sp³-hybridized carbons (Fsp3) is 0.519. The first-order chi connectivity index (χ1) is 16.6. The third-order valence-electron chi connectivity index (χ3n) is 7.29. The van der Waals surface area contributed by atoms with Gasteiger partial charge in [0.05, 0.1) is 30.7 Å². The molecule has 3 aromatic rings. The van der Waals surface area contributed by atoms with Crippen molar-refractivity contribution in [2.75, 3.05) is 75.8 Å². The summed E-state index contributed by atoms with van der Waals surface area (Å²) < 4.78 is 7.58. The van der Waals surface area contributed by atoms with Gasteiger partial charge in [-0.25, -0.2) is 4.98 Å². The van der Waals surface area contributed by atoms with E-state index in [0.717, 1.165) is 82.3 Å². The van der Waals surface area contributed by atoms with Gasteiger partial charge in [0.2, 0.25) is 0 Å². The van der Waals surface area contributed by atoms with Crippen LogP contribution in [0.4, 0.5) is 11.4 Å². The van der Waals surface area contributed by atoms with Crippen molar-refractivity contribution >= 4 is 22.4 Å². The molecule has 2 aromatic carbocycles. The van der Waals surface area contributed by atoms with E-state index in [-0.39, 0.29) is 0 Å². The van der Waals surface area contributed by atoms with E-state index in [0.29, 0.717) is 6.04 Å². The first-order valence-electron chi connectivity index (χ1n) is 12.7. The van der Waals surface area contributed by atoms with Crippen LogP contribution in [0.3, 0.4) is 0 Å². The zero-order valence-corrected chi connectivity index (χ0v) is 20.8. The minimum atomic E-state index is 0.628. The maximum absolute atomic E-state index is 5.47. The quantitative estimate of drug-likeness (QED) is 0.580. The summed E-state index contributed by atoms with van der Waals surface area (Å²) in [5, 5.41) is 3.66.